The highest BCUT2D eigenvalue weighted by Gasteiger charge is 2.19. The summed E-state index contributed by atoms with van der Waals surface area (Å²) in [6, 6.07) is 11.1. The maximum Gasteiger partial charge on any atom is 0.231 e. The Balaban J connectivity index is 1.81. The lowest BCUT2D eigenvalue weighted by Crippen LogP contribution is -2.00. The Morgan fingerprint density at radius 1 is 1.10 bits per heavy atom. The van der Waals surface area contributed by atoms with Crippen molar-refractivity contribution in [3.05, 3.63) is 58.2 Å². The maximum absolute atomic E-state index is 12.7. The number of hydrogen-bond donors (Lipinski definition) is 1. The zero-order chi connectivity index (χ0) is 14.4. The summed E-state index contributed by atoms with van der Waals surface area (Å²) in [5.41, 5.74) is 2.16. The Kier molecular flexibility index (Phi) is 2.75. The Morgan fingerprint density at radius 2 is 1.95 bits per heavy atom. The molecule has 0 saturated heterocycles. The molecule has 1 N–H and O–H groups in total. The molecule has 4 nitrogen and oxygen atoms in total. The number of nitrogens with one attached hydrogen (secondary N) is 1. The Bertz CT molecular complexity index is 869. The molecular weight excluding hydrogens is 334 g/mol. The number of hydrogen-bond acceptors (Lipinski definition) is 3. The number of aromatic amines is 1. The van der Waals surface area contributed by atoms with Crippen LogP contribution in [0, 0.1) is 0 Å². The molecule has 0 fully saturated rings. The van der Waals surface area contributed by atoms with Crippen LogP contribution >= 0.6 is 15.9 Å². The van der Waals surface area contributed by atoms with Gasteiger partial charge in [-0.1, -0.05) is 15.9 Å². The van der Waals surface area contributed by atoms with Gasteiger partial charge in [0.25, 0.3) is 0 Å². The van der Waals surface area contributed by atoms with Crippen molar-refractivity contribution in [1.82, 2.24) is 4.98 Å². The summed E-state index contributed by atoms with van der Waals surface area (Å²) in [7, 11) is 0. The molecule has 0 saturated carbocycles. The monoisotopic (exact) mass is 343 g/mol. The first-order chi connectivity index (χ1) is 10.2. The second kappa shape index (κ2) is 4.63. The molecule has 0 bridgehead atoms. The molecule has 5 heteroatoms. The molecule has 1 aromatic heterocycles. The summed E-state index contributed by atoms with van der Waals surface area (Å²) in [6.45, 7) is 0.201. The van der Waals surface area contributed by atoms with E-state index in [-0.39, 0.29) is 12.6 Å². The largest absolute Gasteiger partial charge is 0.454 e. The van der Waals surface area contributed by atoms with Crippen LogP contribution in [0.1, 0.15) is 15.9 Å². The standard InChI is InChI=1S/C16H10BrNO3/c17-10-2-3-13-11(6-10)12(7-18-13)16(19)9-1-4-14-15(5-9)21-8-20-14/h1-7,18H,8H2. The van der Waals surface area contributed by atoms with Crippen molar-refractivity contribution >= 4 is 32.6 Å². The zero-order valence-electron chi connectivity index (χ0n) is 10.9. The van der Waals surface area contributed by atoms with Crippen LogP contribution < -0.4 is 9.47 Å². The molecule has 0 unspecified atom stereocenters. The fourth-order valence-corrected chi connectivity index (χ4v) is 2.84. The number of H-pyrrole nitrogens is 1. The van der Waals surface area contributed by atoms with Gasteiger partial charge in [0.05, 0.1) is 0 Å². The van der Waals surface area contributed by atoms with Gasteiger partial charge in [0, 0.05) is 32.7 Å². The third-order valence-corrected chi connectivity index (χ3v) is 4.02. The number of ether oxygens (including phenoxy) is 2. The second-order valence-electron chi connectivity index (χ2n) is 4.79. The van der Waals surface area contributed by atoms with Gasteiger partial charge in [-0.15, -0.1) is 0 Å². The minimum Gasteiger partial charge on any atom is -0.454 e. The van der Waals surface area contributed by atoms with Crippen LogP contribution in [-0.4, -0.2) is 17.6 Å². The lowest BCUT2D eigenvalue weighted by molar-refractivity contribution is 0.104. The Morgan fingerprint density at radius 3 is 2.86 bits per heavy atom. The van der Waals surface area contributed by atoms with Crippen LogP contribution in [0.25, 0.3) is 10.9 Å². The number of rotatable bonds is 2. The number of carbonyl (C=O) groups excluding carboxylic acids is 1. The van der Waals surface area contributed by atoms with E-state index in [1.165, 1.54) is 0 Å². The fraction of sp³-hybridized carbons (Fsp3) is 0.0625. The Labute approximate surface area is 128 Å². The first-order valence-electron chi connectivity index (χ1n) is 6.43. The van der Waals surface area contributed by atoms with E-state index >= 15 is 0 Å². The summed E-state index contributed by atoms with van der Waals surface area (Å²) in [6.07, 6.45) is 1.74. The minimum absolute atomic E-state index is 0.0438. The van der Waals surface area contributed by atoms with Gasteiger partial charge in [-0.2, -0.15) is 0 Å². The van der Waals surface area contributed by atoms with Gasteiger partial charge >= 0.3 is 0 Å². The van der Waals surface area contributed by atoms with E-state index in [0.717, 1.165) is 15.4 Å². The number of benzene rings is 2. The number of ketones is 1. The van der Waals surface area contributed by atoms with Gasteiger partial charge in [-0.3, -0.25) is 4.79 Å². The normalized spacial score (nSPS) is 12.8. The average Bonchev–Trinajstić information content (AvgIpc) is 3.11. The van der Waals surface area contributed by atoms with Gasteiger partial charge in [-0.25, -0.2) is 0 Å². The van der Waals surface area contributed by atoms with Crippen LogP contribution in [-0.2, 0) is 0 Å². The summed E-state index contributed by atoms with van der Waals surface area (Å²) >= 11 is 3.44. The molecule has 1 aliphatic rings. The first kappa shape index (κ1) is 12.5. The zero-order valence-corrected chi connectivity index (χ0v) is 12.4. The van der Waals surface area contributed by atoms with Crippen molar-refractivity contribution < 1.29 is 14.3 Å². The lowest BCUT2D eigenvalue weighted by Gasteiger charge is -2.02. The molecule has 1 aliphatic heterocycles. The molecule has 0 radical (unpaired) electrons. The van der Waals surface area contributed by atoms with E-state index in [2.05, 4.69) is 20.9 Å². The van der Waals surface area contributed by atoms with E-state index in [4.69, 9.17) is 9.47 Å². The summed E-state index contributed by atoms with van der Waals surface area (Å²) in [4.78, 5) is 15.8. The van der Waals surface area contributed by atoms with Gasteiger partial charge in [0.2, 0.25) is 6.79 Å². The molecular formula is C16H10BrNO3. The number of carbonyl (C=O) groups is 1. The summed E-state index contributed by atoms with van der Waals surface area (Å²) < 4.78 is 11.5. The lowest BCUT2D eigenvalue weighted by atomic mass is 10.0. The van der Waals surface area contributed by atoms with Crippen molar-refractivity contribution in [2.45, 2.75) is 0 Å². The molecule has 2 heterocycles. The molecule has 0 aliphatic carbocycles. The van der Waals surface area contributed by atoms with Gasteiger partial charge < -0.3 is 14.5 Å². The average molecular weight is 344 g/mol. The number of aromatic nitrogens is 1. The smallest absolute Gasteiger partial charge is 0.231 e. The van der Waals surface area contributed by atoms with E-state index in [1.807, 2.05) is 18.2 Å². The summed E-state index contributed by atoms with van der Waals surface area (Å²) in [5, 5.41) is 0.895. The molecule has 21 heavy (non-hydrogen) atoms. The quantitative estimate of drug-likeness (QED) is 0.718. The van der Waals surface area contributed by atoms with Gasteiger partial charge in [0.15, 0.2) is 17.3 Å². The van der Waals surface area contributed by atoms with Crippen molar-refractivity contribution in [3.63, 3.8) is 0 Å². The van der Waals surface area contributed by atoms with E-state index in [1.54, 1.807) is 24.4 Å². The first-order valence-corrected chi connectivity index (χ1v) is 7.23. The minimum atomic E-state index is -0.0438. The highest BCUT2D eigenvalue weighted by molar-refractivity contribution is 9.10. The SMILES string of the molecule is O=C(c1ccc2c(c1)OCO2)c1c[nH]c2ccc(Br)cc12. The molecule has 3 aromatic rings. The topological polar surface area (TPSA) is 51.3 Å². The molecule has 2 aromatic carbocycles. The predicted octanol–water partition coefficient (Wildman–Crippen LogP) is 3.89. The van der Waals surface area contributed by atoms with Crippen LogP contribution in [0.2, 0.25) is 0 Å². The third kappa shape index (κ3) is 2.01. The van der Waals surface area contributed by atoms with E-state index in [0.29, 0.717) is 22.6 Å². The third-order valence-electron chi connectivity index (χ3n) is 3.52. The molecule has 0 spiro atoms. The van der Waals surface area contributed by atoms with Crippen molar-refractivity contribution in [2.24, 2.45) is 0 Å². The number of halogens is 1. The van der Waals surface area contributed by atoms with Crippen molar-refractivity contribution in [1.29, 1.82) is 0 Å². The fourth-order valence-electron chi connectivity index (χ4n) is 2.47. The predicted molar refractivity (Wildman–Crippen MR) is 82.0 cm³/mol. The van der Waals surface area contributed by atoms with E-state index in [9.17, 15) is 4.79 Å². The highest BCUT2D eigenvalue weighted by atomic mass is 79.9. The maximum atomic E-state index is 12.7. The summed E-state index contributed by atoms with van der Waals surface area (Å²) in [5.74, 6) is 1.24. The number of fused-ring (bicyclic) bond motifs is 2. The van der Waals surface area contributed by atoms with E-state index < -0.39 is 0 Å². The molecule has 4 rings (SSSR count). The van der Waals surface area contributed by atoms with Gasteiger partial charge in [0.1, 0.15) is 0 Å². The Hall–Kier alpha value is -2.27. The van der Waals surface area contributed by atoms with Crippen LogP contribution in [0.5, 0.6) is 11.5 Å². The highest BCUT2D eigenvalue weighted by Crippen LogP contribution is 2.34. The van der Waals surface area contributed by atoms with Crippen LogP contribution in [0.3, 0.4) is 0 Å². The molecule has 0 amide bonds. The van der Waals surface area contributed by atoms with Crippen LogP contribution in [0.4, 0.5) is 0 Å². The van der Waals surface area contributed by atoms with Gasteiger partial charge in [-0.05, 0) is 36.4 Å². The molecule has 0 atom stereocenters. The van der Waals surface area contributed by atoms with Crippen LogP contribution in [0.15, 0.2) is 47.1 Å². The second-order valence-corrected chi connectivity index (χ2v) is 5.71. The van der Waals surface area contributed by atoms with Crippen molar-refractivity contribution in [3.8, 4) is 11.5 Å². The molecule has 104 valence electrons. The van der Waals surface area contributed by atoms with Crippen molar-refractivity contribution in [2.75, 3.05) is 6.79 Å².